The molecule has 0 aromatic carbocycles. The Hall–Kier alpha value is -0.300. The Bertz CT molecular complexity index is 399. The van der Waals surface area contributed by atoms with Crippen molar-refractivity contribution in [2.24, 2.45) is 22.7 Å². The maximum atomic E-state index is 6.49. The standard InChI is InChI=1S/C19H32O/c1-6-18(4)13-10-14-15(20-18)8-9-16-17(2,3)11-7-12-19(14,16)5/h6,14-16H,1,7-13H2,2-5H3/t14-,15+,16-,18-,19+/m0/s1. The Morgan fingerprint density at radius 3 is 2.45 bits per heavy atom. The molecule has 0 amide bonds. The van der Waals surface area contributed by atoms with Crippen molar-refractivity contribution in [3.05, 3.63) is 12.7 Å². The molecule has 1 saturated heterocycles. The predicted octanol–water partition coefficient (Wildman–Crippen LogP) is 5.35. The first-order chi connectivity index (χ1) is 9.31. The Labute approximate surface area is 125 Å². The van der Waals surface area contributed by atoms with Gasteiger partial charge in [-0.05, 0) is 68.1 Å². The van der Waals surface area contributed by atoms with Crippen molar-refractivity contribution in [1.82, 2.24) is 0 Å². The van der Waals surface area contributed by atoms with Gasteiger partial charge in [0, 0.05) is 0 Å². The van der Waals surface area contributed by atoms with Crippen LogP contribution < -0.4 is 0 Å². The van der Waals surface area contributed by atoms with E-state index in [1.54, 1.807) is 0 Å². The van der Waals surface area contributed by atoms with Gasteiger partial charge in [-0.25, -0.2) is 0 Å². The topological polar surface area (TPSA) is 9.23 Å². The molecule has 20 heavy (non-hydrogen) atoms. The third kappa shape index (κ3) is 2.08. The van der Waals surface area contributed by atoms with Crippen molar-refractivity contribution in [3.63, 3.8) is 0 Å². The fourth-order valence-electron chi connectivity index (χ4n) is 5.94. The van der Waals surface area contributed by atoms with E-state index in [1.165, 1.54) is 38.5 Å². The average molecular weight is 276 g/mol. The fraction of sp³-hybridized carbons (Fsp3) is 0.895. The van der Waals surface area contributed by atoms with Crippen LogP contribution in [0.3, 0.4) is 0 Å². The summed E-state index contributed by atoms with van der Waals surface area (Å²) >= 11 is 0. The molecule has 0 radical (unpaired) electrons. The van der Waals surface area contributed by atoms with E-state index in [-0.39, 0.29) is 5.60 Å². The average Bonchev–Trinajstić information content (AvgIpc) is 2.37. The lowest BCUT2D eigenvalue weighted by atomic mass is 9.47. The summed E-state index contributed by atoms with van der Waals surface area (Å²) < 4.78 is 6.49. The van der Waals surface area contributed by atoms with Crippen LogP contribution in [0.5, 0.6) is 0 Å². The molecule has 0 aromatic rings. The molecule has 2 saturated carbocycles. The Kier molecular flexibility index (Phi) is 3.36. The highest BCUT2D eigenvalue weighted by atomic mass is 16.5. The van der Waals surface area contributed by atoms with Gasteiger partial charge in [0.25, 0.3) is 0 Å². The van der Waals surface area contributed by atoms with Crippen LogP contribution in [0.4, 0.5) is 0 Å². The van der Waals surface area contributed by atoms with Crippen molar-refractivity contribution in [2.45, 2.75) is 84.3 Å². The van der Waals surface area contributed by atoms with E-state index < -0.39 is 0 Å². The molecule has 114 valence electrons. The predicted molar refractivity (Wildman–Crippen MR) is 84.7 cm³/mol. The largest absolute Gasteiger partial charge is 0.368 e. The molecule has 0 aromatic heterocycles. The smallest absolute Gasteiger partial charge is 0.0835 e. The van der Waals surface area contributed by atoms with E-state index in [4.69, 9.17) is 4.74 Å². The second-order valence-electron chi connectivity index (χ2n) is 8.80. The minimum absolute atomic E-state index is 0.0749. The Morgan fingerprint density at radius 1 is 1.00 bits per heavy atom. The third-order valence-electron chi connectivity index (χ3n) is 7.12. The van der Waals surface area contributed by atoms with E-state index in [9.17, 15) is 0 Å². The van der Waals surface area contributed by atoms with Gasteiger partial charge in [-0.2, -0.15) is 0 Å². The van der Waals surface area contributed by atoms with Crippen molar-refractivity contribution in [1.29, 1.82) is 0 Å². The monoisotopic (exact) mass is 276 g/mol. The number of rotatable bonds is 1. The molecule has 3 fully saturated rings. The maximum absolute atomic E-state index is 6.49. The van der Waals surface area contributed by atoms with E-state index >= 15 is 0 Å². The van der Waals surface area contributed by atoms with Crippen LogP contribution in [-0.2, 0) is 4.74 Å². The number of fused-ring (bicyclic) bond motifs is 3. The van der Waals surface area contributed by atoms with Crippen LogP contribution in [0.1, 0.15) is 72.6 Å². The quantitative estimate of drug-likeness (QED) is 0.586. The molecule has 1 heterocycles. The summed E-state index contributed by atoms with van der Waals surface area (Å²) in [5, 5.41) is 0. The van der Waals surface area contributed by atoms with Gasteiger partial charge in [0.15, 0.2) is 0 Å². The lowest BCUT2D eigenvalue weighted by Gasteiger charge is -2.61. The summed E-state index contributed by atoms with van der Waals surface area (Å²) in [5.41, 5.74) is 0.957. The Morgan fingerprint density at radius 2 is 1.75 bits per heavy atom. The van der Waals surface area contributed by atoms with Gasteiger partial charge in [-0.3, -0.25) is 0 Å². The van der Waals surface area contributed by atoms with Gasteiger partial charge >= 0.3 is 0 Å². The molecular weight excluding hydrogens is 244 g/mol. The molecule has 0 unspecified atom stereocenters. The minimum atomic E-state index is -0.0749. The van der Waals surface area contributed by atoms with E-state index in [0.29, 0.717) is 16.9 Å². The van der Waals surface area contributed by atoms with E-state index in [1.807, 2.05) is 6.08 Å². The molecule has 3 rings (SSSR count). The van der Waals surface area contributed by atoms with Crippen molar-refractivity contribution >= 4 is 0 Å². The van der Waals surface area contributed by atoms with Crippen molar-refractivity contribution < 1.29 is 4.74 Å². The highest BCUT2D eigenvalue weighted by molar-refractivity contribution is 5.08. The fourth-order valence-corrected chi connectivity index (χ4v) is 5.94. The molecule has 0 N–H and O–H groups in total. The summed E-state index contributed by atoms with van der Waals surface area (Å²) in [4.78, 5) is 0. The summed E-state index contributed by atoms with van der Waals surface area (Å²) in [7, 11) is 0. The summed E-state index contributed by atoms with van der Waals surface area (Å²) in [6.07, 6.45) is 11.8. The molecule has 1 heteroatoms. The molecule has 3 aliphatic rings. The van der Waals surface area contributed by atoms with Crippen LogP contribution >= 0.6 is 0 Å². The van der Waals surface area contributed by atoms with Crippen LogP contribution in [0.25, 0.3) is 0 Å². The molecule has 1 aliphatic heterocycles. The number of ether oxygens (including phenoxy) is 1. The lowest BCUT2D eigenvalue weighted by molar-refractivity contribution is -0.202. The summed E-state index contributed by atoms with van der Waals surface area (Å²) in [6, 6.07) is 0. The summed E-state index contributed by atoms with van der Waals surface area (Å²) in [6.45, 7) is 13.8. The molecular formula is C19H32O. The van der Waals surface area contributed by atoms with Crippen molar-refractivity contribution in [3.8, 4) is 0 Å². The van der Waals surface area contributed by atoms with Crippen LogP contribution in [0.2, 0.25) is 0 Å². The van der Waals surface area contributed by atoms with Gasteiger partial charge < -0.3 is 4.74 Å². The zero-order valence-corrected chi connectivity index (χ0v) is 13.9. The second kappa shape index (κ2) is 4.60. The van der Waals surface area contributed by atoms with Gasteiger partial charge in [-0.15, -0.1) is 6.58 Å². The zero-order chi connectivity index (χ0) is 14.6. The Balaban J connectivity index is 1.87. The SMILES string of the molecule is C=C[C@@]1(C)CC[C@H]2[C@@H](CC[C@H]3C(C)(C)CCC[C@]23C)O1. The molecule has 2 aliphatic carbocycles. The lowest BCUT2D eigenvalue weighted by Crippen LogP contribution is -2.57. The van der Waals surface area contributed by atoms with Gasteiger partial charge in [0.1, 0.15) is 0 Å². The van der Waals surface area contributed by atoms with Crippen LogP contribution in [0, 0.1) is 22.7 Å². The highest BCUT2D eigenvalue weighted by Crippen LogP contribution is 2.62. The highest BCUT2D eigenvalue weighted by Gasteiger charge is 2.56. The van der Waals surface area contributed by atoms with Crippen LogP contribution in [-0.4, -0.2) is 11.7 Å². The molecule has 1 nitrogen and oxygen atoms in total. The van der Waals surface area contributed by atoms with E-state index in [2.05, 4.69) is 34.3 Å². The van der Waals surface area contributed by atoms with Gasteiger partial charge in [0.2, 0.25) is 0 Å². The van der Waals surface area contributed by atoms with Gasteiger partial charge in [-0.1, -0.05) is 33.3 Å². The summed E-state index contributed by atoms with van der Waals surface area (Å²) in [5.74, 6) is 1.66. The number of hydrogen-bond donors (Lipinski definition) is 0. The maximum Gasteiger partial charge on any atom is 0.0835 e. The first kappa shape index (κ1) is 14.6. The first-order valence-electron chi connectivity index (χ1n) is 8.62. The normalized spacial score (nSPS) is 50.9. The van der Waals surface area contributed by atoms with E-state index in [0.717, 1.165) is 18.3 Å². The zero-order valence-electron chi connectivity index (χ0n) is 13.9. The molecule has 0 bridgehead atoms. The van der Waals surface area contributed by atoms with Gasteiger partial charge in [0.05, 0.1) is 11.7 Å². The number of hydrogen-bond acceptors (Lipinski definition) is 1. The molecule has 5 atom stereocenters. The first-order valence-corrected chi connectivity index (χ1v) is 8.62. The van der Waals surface area contributed by atoms with Crippen molar-refractivity contribution in [2.75, 3.05) is 0 Å². The second-order valence-corrected chi connectivity index (χ2v) is 8.80. The minimum Gasteiger partial charge on any atom is -0.368 e. The molecule has 0 spiro atoms. The van der Waals surface area contributed by atoms with Crippen LogP contribution in [0.15, 0.2) is 12.7 Å². The third-order valence-corrected chi connectivity index (χ3v) is 7.12.